The van der Waals surface area contributed by atoms with E-state index in [0.29, 0.717) is 31.2 Å². The van der Waals surface area contributed by atoms with E-state index < -0.39 is 17.7 Å². The number of rotatable bonds is 11. The number of hydrogen-bond acceptors (Lipinski definition) is 3. The Morgan fingerprint density at radius 3 is 2.70 bits per heavy atom. The van der Waals surface area contributed by atoms with Crippen LogP contribution in [0.2, 0.25) is 0 Å². The van der Waals surface area contributed by atoms with Crippen LogP contribution in [0.1, 0.15) is 25.8 Å². The van der Waals surface area contributed by atoms with Gasteiger partial charge in [-0.2, -0.15) is 0 Å². The summed E-state index contributed by atoms with van der Waals surface area (Å²) in [7, 11) is 0. The van der Waals surface area contributed by atoms with Crippen molar-refractivity contribution in [3.63, 3.8) is 0 Å². The van der Waals surface area contributed by atoms with Gasteiger partial charge in [0.1, 0.15) is 11.6 Å². The number of hydrogen-bond donors (Lipinski definition) is 1. The van der Waals surface area contributed by atoms with Crippen molar-refractivity contribution in [3.8, 4) is 0 Å². The lowest BCUT2D eigenvalue weighted by atomic mass is 10.1. The fraction of sp³-hybridized carbons (Fsp3) is 0.556. The molecule has 23 heavy (non-hydrogen) atoms. The summed E-state index contributed by atoms with van der Waals surface area (Å²) >= 11 is 0. The molecule has 0 aliphatic heterocycles. The fourth-order valence-corrected chi connectivity index (χ4v) is 2.20. The monoisotopic (exact) mass is 327 g/mol. The summed E-state index contributed by atoms with van der Waals surface area (Å²) in [5, 5.41) is 10.0. The standard InChI is InChI=1S/C18H27F2NO2/c1-4-9-23-13-17(22)12-21(8-7-14(2)3)11-15-5-6-16(19)10-18(15)20/h4-6,10,14,17,22H,1,7-9,11-13H2,2-3H3. The highest BCUT2D eigenvalue weighted by atomic mass is 19.1. The molecule has 0 amide bonds. The van der Waals surface area contributed by atoms with Crippen LogP contribution in [0, 0.1) is 17.6 Å². The predicted molar refractivity (Wildman–Crippen MR) is 88.1 cm³/mol. The van der Waals surface area contributed by atoms with Crippen LogP contribution >= 0.6 is 0 Å². The van der Waals surface area contributed by atoms with Crippen molar-refractivity contribution >= 4 is 0 Å². The van der Waals surface area contributed by atoms with Crippen molar-refractivity contribution in [2.75, 3.05) is 26.3 Å². The third kappa shape index (κ3) is 8.21. The van der Waals surface area contributed by atoms with Crippen molar-refractivity contribution in [2.24, 2.45) is 5.92 Å². The molecule has 0 heterocycles. The van der Waals surface area contributed by atoms with E-state index in [1.54, 1.807) is 6.08 Å². The molecular weight excluding hydrogens is 300 g/mol. The Hall–Kier alpha value is -1.30. The number of benzene rings is 1. The minimum atomic E-state index is -0.661. The zero-order chi connectivity index (χ0) is 17.2. The first-order valence-corrected chi connectivity index (χ1v) is 7.95. The zero-order valence-corrected chi connectivity index (χ0v) is 14.0. The molecule has 0 aliphatic rings. The zero-order valence-electron chi connectivity index (χ0n) is 14.0. The second kappa shape index (κ2) is 10.5. The van der Waals surface area contributed by atoms with Gasteiger partial charge in [0.2, 0.25) is 0 Å². The molecule has 1 atom stereocenters. The first kappa shape index (κ1) is 19.7. The van der Waals surface area contributed by atoms with Crippen molar-refractivity contribution < 1.29 is 18.6 Å². The largest absolute Gasteiger partial charge is 0.389 e. The summed E-state index contributed by atoms with van der Waals surface area (Å²) in [6.07, 6.45) is 1.89. The fourth-order valence-electron chi connectivity index (χ4n) is 2.20. The predicted octanol–water partition coefficient (Wildman–Crippen LogP) is 3.38. The van der Waals surface area contributed by atoms with Gasteiger partial charge < -0.3 is 9.84 Å². The molecule has 0 aliphatic carbocycles. The number of halogens is 2. The highest BCUT2D eigenvalue weighted by Gasteiger charge is 2.15. The van der Waals surface area contributed by atoms with Gasteiger partial charge >= 0.3 is 0 Å². The van der Waals surface area contributed by atoms with E-state index in [0.717, 1.165) is 19.0 Å². The lowest BCUT2D eigenvalue weighted by Gasteiger charge is -2.26. The van der Waals surface area contributed by atoms with Crippen LogP contribution in [0.5, 0.6) is 0 Å². The van der Waals surface area contributed by atoms with Crippen molar-refractivity contribution in [1.29, 1.82) is 0 Å². The van der Waals surface area contributed by atoms with Gasteiger partial charge in [0.05, 0.1) is 19.3 Å². The third-order valence-electron chi connectivity index (χ3n) is 3.45. The molecule has 0 radical (unpaired) electrons. The van der Waals surface area contributed by atoms with Crippen molar-refractivity contribution in [2.45, 2.75) is 32.9 Å². The van der Waals surface area contributed by atoms with E-state index in [1.165, 1.54) is 12.1 Å². The summed E-state index contributed by atoms with van der Waals surface area (Å²) in [5.41, 5.74) is 0.425. The Labute approximate surface area is 137 Å². The molecule has 1 aromatic carbocycles. The second-order valence-corrected chi connectivity index (χ2v) is 6.13. The van der Waals surface area contributed by atoms with Crippen molar-refractivity contribution in [3.05, 3.63) is 48.1 Å². The topological polar surface area (TPSA) is 32.7 Å². The molecule has 3 nitrogen and oxygen atoms in total. The number of ether oxygens (including phenoxy) is 1. The van der Waals surface area contributed by atoms with Gasteiger partial charge in [-0.3, -0.25) is 4.90 Å². The van der Waals surface area contributed by atoms with Gasteiger partial charge in [0.15, 0.2) is 0 Å². The smallest absolute Gasteiger partial charge is 0.130 e. The number of aliphatic hydroxyl groups excluding tert-OH is 1. The first-order chi connectivity index (χ1) is 10.9. The molecular formula is C18H27F2NO2. The Morgan fingerprint density at radius 2 is 2.09 bits per heavy atom. The number of nitrogens with zero attached hydrogens (tertiary/aromatic N) is 1. The molecule has 0 bridgehead atoms. The van der Waals surface area contributed by atoms with Gasteiger partial charge in [-0.05, 0) is 24.9 Å². The van der Waals surface area contributed by atoms with Crippen LogP contribution < -0.4 is 0 Å². The Kier molecular flexibility index (Phi) is 8.99. The molecule has 130 valence electrons. The highest BCUT2D eigenvalue weighted by molar-refractivity contribution is 5.18. The lowest BCUT2D eigenvalue weighted by Crippen LogP contribution is -2.36. The Balaban J connectivity index is 2.65. The van der Waals surface area contributed by atoms with Crippen LogP contribution in [0.3, 0.4) is 0 Å². The van der Waals surface area contributed by atoms with Gasteiger partial charge in [-0.25, -0.2) is 8.78 Å². The average Bonchev–Trinajstić information content (AvgIpc) is 2.47. The van der Waals surface area contributed by atoms with E-state index in [4.69, 9.17) is 4.74 Å². The molecule has 1 unspecified atom stereocenters. The molecule has 5 heteroatoms. The maximum atomic E-state index is 13.8. The molecule has 0 saturated heterocycles. The van der Waals surface area contributed by atoms with Crippen LogP contribution in [-0.4, -0.2) is 42.4 Å². The van der Waals surface area contributed by atoms with E-state index in [2.05, 4.69) is 20.4 Å². The van der Waals surface area contributed by atoms with Crippen LogP contribution in [0.15, 0.2) is 30.9 Å². The average molecular weight is 327 g/mol. The maximum Gasteiger partial charge on any atom is 0.130 e. The summed E-state index contributed by atoms with van der Waals surface area (Å²) in [6.45, 7) is 9.80. The molecule has 1 N–H and O–H groups in total. The summed E-state index contributed by atoms with van der Waals surface area (Å²) in [4.78, 5) is 1.97. The Bertz CT molecular complexity index is 480. The van der Waals surface area contributed by atoms with Crippen LogP contribution in [0.25, 0.3) is 0 Å². The minimum Gasteiger partial charge on any atom is -0.389 e. The van der Waals surface area contributed by atoms with Gasteiger partial charge in [-0.15, -0.1) is 6.58 Å². The quantitative estimate of drug-likeness (QED) is 0.500. The van der Waals surface area contributed by atoms with Crippen LogP contribution in [-0.2, 0) is 11.3 Å². The molecule has 1 rings (SSSR count). The van der Waals surface area contributed by atoms with Gasteiger partial charge in [0, 0.05) is 24.7 Å². The highest BCUT2D eigenvalue weighted by Crippen LogP contribution is 2.14. The SMILES string of the molecule is C=CCOCC(O)CN(CCC(C)C)Cc1ccc(F)cc1F. The molecule has 0 aromatic heterocycles. The third-order valence-corrected chi connectivity index (χ3v) is 3.45. The van der Waals surface area contributed by atoms with E-state index >= 15 is 0 Å². The Morgan fingerprint density at radius 1 is 1.35 bits per heavy atom. The van der Waals surface area contributed by atoms with Gasteiger partial charge in [0.25, 0.3) is 0 Å². The van der Waals surface area contributed by atoms with E-state index in [1.807, 2.05) is 4.90 Å². The molecule has 0 saturated carbocycles. The van der Waals surface area contributed by atoms with E-state index in [-0.39, 0.29) is 6.61 Å². The maximum absolute atomic E-state index is 13.8. The molecule has 0 fully saturated rings. The minimum absolute atomic E-state index is 0.204. The normalized spacial score (nSPS) is 12.8. The summed E-state index contributed by atoms with van der Waals surface area (Å²) in [5.74, 6) is -0.639. The summed E-state index contributed by atoms with van der Waals surface area (Å²) in [6, 6.07) is 3.59. The van der Waals surface area contributed by atoms with Crippen molar-refractivity contribution in [1.82, 2.24) is 4.90 Å². The first-order valence-electron chi connectivity index (χ1n) is 7.95. The van der Waals surface area contributed by atoms with Crippen LogP contribution in [0.4, 0.5) is 8.78 Å². The number of aliphatic hydroxyl groups is 1. The van der Waals surface area contributed by atoms with E-state index in [9.17, 15) is 13.9 Å². The lowest BCUT2D eigenvalue weighted by molar-refractivity contribution is 0.0235. The van der Waals surface area contributed by atoms with Gasteiger partial charge in [-0.1, -0.05) is 26.0 Å². The second-order valence-electron chi connectivity index (χ2n) is 6.13. The molecule has 1 aromatic rings. The summed E-state index contributed by atoms with van der Waals surface area (Å²) < 4.78 is 32.1. The molecule has 0 spiro atoms.